The van der Waals surface area contributed by atoms with E-state index < -0.39 is 35.1 Å². The van der Waals surface area contributed by atoms with Crippen LogP contribution < -0.4 is 10.6 Å². The second kappa shape index (κ2) is 7.63. The summed E-state index contributed by atoms with van der Waals surface area (Å²) in [6.07, 6.45) is 3.61. The molecule has 3 saturated heterocycles. The third kappa shape index (κ3) is 2.76. The molecule has 1 spiro atoms. The molecule has 0 aromatic heterocycles. The van der Waals surface area contributed by atoms with Crippen molar-refractivity contribution in [2.45, 2.75) is 76.2 Å². The van der Waals surface area contributed by atoms with Crippen LogP contribution in [0.2, 0.25) is 0 Å². The van der Waals surface area contributed by atoms with Crippen LogP contribution in [0, 0.1) is 11.8 Å². The minimum Gasteiger partial charge on any atom is -0.394 e. The Morgan fingerprint density at radius 2 is 2.04 bits per heavy atom. The number of aliphatic hydroxyl groups excluding tert-OH is 1. The lowest BCUT2D eigenvalue weighted by Crippen LogP contribution is -2.57. The second-order valence-corrected chi connectivity index (χ2v) is 8.37. The van der Waals surface area contributed by atoms with Crippen LogP contribution in [-0.2, 0) is 19.1 Å². The van der Waals surface area contributed by atoms with Crippen molar-refractivity contribution in [1.82, 2.24) is 15.5 Å². The van der Waals surface area contributed by atoms with E-state index in [1.165, 1.54) is 4.90 Å². The Morgan fingerprint density at radius 1 is 1.32 bits per heavy atom. The van der Waals surface area contributed by atoms with E-state index in [0.29, 0.717) is 25.8 Å². The fourth-order valence-corrected chi connectivity index (χ4v) is 5.56. The van der Waals surface area contributed by atoms with E-state index in [1.807, 2.05) is 13.8 Å². The highest BCUT2D eigenvalue weighted by Crippen LogP contribution is 2.64. The summed E-state index contributed by atoms with van der Waals surface area (Å²) in [5.74, 6) is -2.05. The van der Waals surface area contributed by atoms with Crippen molar-refractivity contribution in [2.75, 3.05) is 20.2 Å². The minimum absolute atomic E-state index is 0.217. The fourth-order valence-electron chi connectivity index (χ4n) is 5.56. The standard InChI is InChI=1S/C20H33N3O5/c1-5-7-10-22-17(26)15-20-9-8-19(6-2,28-20)13(16(25)21-4)14(20)18(27)23(15)12(3)11-24/h12-15,24H,5-11H2,1-4H3,(H,21,25)(H,22,26)/t12-,13+,14+,15?,19-,20?/m1/s1. The lowest BCUT2D eigenvalue weighted by molar-refractivity contribution is -0.150. The number of carbonyl (C=O) groups excluding carboxylic acids is 3. The lowest BCUT2D eigenvalue weighted by atomic mass is 9.65. The molecule has 2 unspecified atom stereocenters. The van der Waals surface area contributed by atoms with Crippen molar-refractivity contribution in [2.24, 2.45) is 11.8 Å². The van der Waals surface area contributed by atoms with Crippen molar-refractivity contribution < 1.29 is 24.2 Å². The number of ether oxygens (including phenoxy) is 1. The monoisotopic (exact) mass is 395 g/mol. The minimum atomic E-state index is -1.01. The first-order valence-electron chi connectivity index (χ1n) is 10.5. The third-order valence-electron chi connectivity index (χ3n) is 6.96. The summed E-state index contributed by atoms with van der Waals surface area (Å²) < 4.78 is 6.53. The number of rotatable bonds is 8. The molecule has 0 aromatic rings. The molecule has 3 rings (SSSR count). The topological polar surface area (TPSA) is 108 Å². The normalized spacial score (nSPS) is 37.1. The molecule has 0 aromatic carbocycles. The Labute approximate surface area is 166 Å². The van der Waals surface area contributed by atoms with Crippen molar-refractivity contribution >= 4 is 17.7 Å². The maximum atomic E-state index is 13.5. The SMILES string of the molecule is CCCCNC(=O)C1N([C@H](C)CO)C(=O)[C@@H]2[C@@H](C(=O)NC)[C@@]3(CC)CCC12O3. The number of likely N-dealkylation sites (tertiary alicyclic amines) is 1. The van der Waals surface area contributed by atoms with E-state index in [2.05, 4.69) is 10.6 Å². The molecular formula is C20H33N3O5. The molecule has 3 aliphatic rings. The summed E-state index contributed by atoms with van der Waals surface area (Å²) in [4.78, 5) is 40.9. The highest BCUT2D eigenvalue weighted by atomic mass is 16.5. The quantitative estimate of drug-likeness (QED) is 0.508. The Kier molecular flexibility index (Phi) is 5.74. The van der Waals surface area contributed by atoms with Gasteiger partial charge in [0, 0.05) is 13.6 Å². The first kappa shape index (κ1) is 21.0. The number of hydrogen-bond donors (Lipinski definition) is 3. The molecule has 8 heteroatoms. The first-order chi connectivity index (χ1) is 13.3. The van der Waals surface area contributed by atoms with E-state index in [1.54, 1.807) is 14.0 Å². The van der Waals surface area contributed by atoms with Gasteiger partial charge < -0.3 is 25.4 Å². The maximum absolute atomic E-state index is 13.5. The summed E-state index contributed by atoms with van der Waals surface area (Å²) in [6.45, 7) is 6.00. The second-order valence-electron chi connectivity index (χ2n) is 8.37. The molecular weight excluding hydrogens is 362 g/mol. The number of nitrogens with zero attached hydrogens (tertiary/aromatic N) is 1. The van der Waals surface area contributed by atoms with Crippen molar-refractivity contribution in [3.63, 3.8) is 0 Å². The Balaban J connectivity index is 2.04. The van der Waals surface area contributed by atoms with Gasteiger partial charge in [-0.25, -0.2) is 0 Å². The molecule has 0 saturated carbocycles. The fraction of sp³-hybridized carbons (Fsp3) is 0.850. The lowest BCUT2D eigenvalue weighted by Gasteiger charge is -2.36. The molecule has 2 bridgehead atoms. The Bertz CT molecular complexity index is 656. The Hall–Kier alpha value is -1.67. The van der Waals surface area contributed by atoms with E-state index >= 15 is 0 Å². The summed E-state index contributed by atoms with van der Waals surface area (Å²) >= 11 is 0. The van der Waals surface area contributed by atoms with E-state index in [4.69, 9.17) is 4.74 Å². The molecule has 0 aliphatic carbocycles. The molecule has 3 heterocycles. The molecule has 6 atom stereocenters. The largest absolute Gasteiger partial charge is 0.394 e. The highest BCUT2D eigenvalue weighted by molar-refractivity contribution is 5.99. The van der Waals surface area contributed by atoms with Crippen LogP contribution in [0.15, 0.2) is 0 Å². The van der Waals surface area contributed by atoms with Gasteiger partial charge in [0.2, 0.25) is 17.7 Å². The van der Waals surface area contributed by atoms with Gasteiger partial charge in [0.1, 0.15) is 11.6 Å². The van der Waals surface area contributed by atoms with Gasteiger partial charge in [0.05, 0.1) is 30.1 Å². The van der Waals surface area contributed by atoms with Gasteiger partial charge in [-0.3, -0.25) is 14.4 Å². The number of unbranched alkanes of at least 4 members (excludes halogenated alkanes) is 1. The third-order valence-corrected chi connectivity index (χ3v) is 6.96. The number of aliphatic hydroxyl groups is 1. The molecule has 3 fully saturated rings. The van der Waals surface area contributed by atoms with Crippen molar-refractivity contribution in [1.29, 1.82) is 0 Å². The van der Waals surface area contributed by atoms with Crippen LogP contribution in [0.5, 0.6) is 0 Å². The van der Waals surface area contributed by atoms with Crippen molar-refractivity contribution in [3.05, 3.63) is 0 Å². The van der Waals surface area contributed by atoms with E-state index in [9.17, 15) is 19.5 Å². The van der Waals surface area contributed by atoms with Crippen LogP contribution in [0.25, 0.3) is 0 Å². The van der Waals surface area contributed by atoms with Gasteiger partial charge in [-0.15, -0.1) is 0 Å². The molecule has 3 aliphatic heterocycles. The van der Waals surface area contributed by atoms with Crippen LogP contribution >= 0.6 is 0 Å². The Morgan fingerprint density at radius 3 is 2.61 bits per heavy atom. The zero-order chi connectivity index (χ0) is 20.7. The average molecular weight is 396 g/mol. The zero-order valence-corrected chi connectivity index (χ0v) is 17.3. The predicted octanol–water partition coefficient (Wildman–Crippen LogP) is 0.184. The van der Waals surface area contributed by atoms with Crippen LogP contribution in [0.4, 0.5) is 0 Å². The molecule has 8 nitrogen and oxygen atoms in total. The smallest absolute Gasteiger partial charge is 0.245 e. The number of carbonyl (C=O) groups is 3. The van der Waals surface area contributed by atoms with Gasteiger partial charge in [0.15, 0.2) is 0 Å². The zero-order valence-electron chi connectivity index (χ0n) is 17.3. The average Bonchev–Trinajstić information content (AvgIpc) is 3.30. The number of hydrogen-bond acceptors (Lipinski definition) is 5. The highest BCUT2D eigenvalue weighted by Gasteiger charge is 2.78. The molecule has 28 heavy (non-hydrogen) atoms. The van der Waals surface area contributed by atoms with E-state index in [-0.39, 0.29) is 24.3 Å². The van der Waals surface area contributed by atoms with E-state index in [0.717, 1.165) is 12.8 Å². The summed E-state index contributed by atoms with van der Waals surface area (Å²) in [5, 5.41) is 15.4. The van der Waals surface area contributed by atoms with Crippen LogP contribution in [0.3, 0.4) is 0 Å². The summed E-state index contributed by atoms with van der Waals surface area (Å²) in [5.41, 5.74) is -1.72. The van der Waals surface area contributed by atoms with Gasteiger partial charge in [-0.2, -0.15) is 0 Å². The van der Waals surface area contributed by atoms with Gasteiger partial charge >= 0.3 is 0 Å². The van der Waals surface area contributed by atoms with Crippen molar-refractivity contribution in [3.8, 4) is 0 Å². The predicted molar refractivity (Wildman–Crippen MR) is 102 cm³/mol. The molecule has 0 radical (unpaired) electrons. The summed E-state index contributed by atoms with van der Waals surface area (Å²) in [6, 6.07) is -1.35. The molecule has 158 valence electrons. The van der Waals surface area contributed by atoms with Crippen LogP contribution in [-0.4, -0.2) is 71.2 Å². The number of fused-ring (bicyclic) bond motifs is 1. The maximum Gasteiger partial charge on any atom is 0.245 e. The number of nitrogens with one attached hydrogen (secondary N) is 2. The van der Waals surface area contributed by atoms with Crippen LogP contribution in [0.1, 0.15) is 52.9 Å². The first-order valence-corrected chi connectivity index (χ1v) is 10.5. The molecule has 3 N–H and O–H groups in total. The molecule has 3 amide bonds. The number of amides is 3. The van der Waals surface area contributed by atoms with Gasteiger partial charge in [-0.05, 0) is 32.6 Å². The summed E-state index contributed by atoms with van der Waals surface area (Å²) in [7, 11) is 1.56. The van der Waals surface area contributed by atoms with Gasteiger partial charge in [-0.1, -0.05) is 20.3 Å². The van der Waals surface area contributed by atoms with Gasteiger partial charge in [0.25, 0.3) is 0 Å².